The molecule has 1 fully saturated rings. The van der Waals surface area contributed by atoms with Gasteiger partial charge in [0.25, 0.3) is 5.91 Å². The Labute approximate surface area is 298 Å². The van der Waals surface area contributed by atoms with Gasteiger partial charge < -0.3 is 29.6 Å². The van der Waals surface area contributed by atoms with Crippen LogP contribution >= 0.6 is 18.9 Å². The predicted molar refractivity (Wildman–Crippen MR) is 189 cm³/mol. The number of halogens is 2. The molecule has 1 aromatic heterocycles. The standard InChI is InChI=1S/C37H40F2N3O7PS/c1-36(2,3)32(40-33(43)31-20-26-18-27(13-14-30(26)51-31)37(38,39)50(46,47)48)35(45)42-21-25-12-8-7-11-24(25)19-29(42)34(44)41-15-16-49-28(22-41)17-23-9-5-4-6-10-23/h4-14,18,20,28-29,32H,15-17,19,21-22H2,1-3H3,(H,40,43)(H2,46,47,48)/t28?,29-,32+/m0/s1. The van der Waals surface area contributed by atoms with Crippen LogP contribution in [0.25, 0.3) is 10.1 Å². The monoisotopic (exact) mass is 739 g/mol. The van der Waals surface area contributed by atoms with Crippen molar-refractivity contribution in [1.82, 2.24) is 15.1 Å². The van der Waals surface area contributed by atoms with Crippen molar-refractivity contribution < 1.29 is 42.3 Å². The molecule has 3 heterocycles. The quantitative estimate of drug-likeness (QED) is 0.198. The number of nitrogens with one attached hydrogen (secondary N) is 1. The number of fused-ring (bicyclic) bond motifs is 2. The van der Waals surface area contributed by atoms with Crippen molar-refractivity contribution in [2.45, 2.75) is 64.0 Å². The minimum Gasteiger partial charge on any atom is -0.374 e. The first-order valence-corrected chi connectivity index (χ1v) is 19.1. The van der Waals surface area contributed by atoms with Gasteiger partial charge in [-0.2, -0.15) is 8.78 Å². The Morgan fingerprint density at radius 3 is 2.37 bits per heavy atom. The summed E-state index contributed by atoms with van der Waals surface area (Å²) in [4.78, 5) is 64.5. The maximum atomic E-state index is 14.6. The molecule has 0 spiro atoms. The summed E-state index contributed by atoms with van der Waals surface area (Å²) in [7, 11) is -5.79. The molecule has 2 aliphatic heterocycles. The third-order valence-corrected chi connectivity index (χ3v) is 11.5. The van der Waals surface area contributed by atoms with Gasteiger partial charge in [-0.05, 0) is 45.7 Å². The van der Waals surface area contributed by atoms with E-state index in [1.807, 2.05) is 75.4 Å². The van der Waals surface area contributed by atoms with Gasteiger partial charge in [-0.25, -0.2) is 0 Å². The average Bonchev–Trinajstić information content (AvgIpc) is 3.53. The van der Waals surface area contributed by atoms with Crippen molar-refractivity contribution in [2.24, 2.45) is 5.41 Å². The van der Waals surface area contributed by atoms with Crippen LogP contribution in [0.5, 0.6) is 0 Å². The largest absolute Gasteiger partial charge is 0.399 e. The van der Waals surface area contributed by atoms with Gasteiger partial charge >= 0.3 is 13.3 Å². The number of hydrogen-bond donors (Lipinski definition) is 3. The van der Waals surface area contributed by atoms with Crippen LogP contribution < -0.4 is 5.32 Å². The van der Waals surface area contributed by atoms with Crippen LogP contribution in [0.4, 0.5) is 8.78 Å². The fourth-order valence-electron chi connectivity index (χ4n) is 6.63. The first-order valence-electron chi connectivity index (χ1n) is 16.6. The zero-order chi connectivity index (χ0) is 36.7. The van der Waals surface area contributed by atoms with E-state index < -0.39 is 48.1 Å². The molecule has 51 heavy (non-hydrogen) atoms. The third kappa shape index (κ3) is 7.78. The fourth-order valence-corrected chi connectivity index (χ4v) is 8.05. The Hall–Kier alpha value is -4.00. The zero-order valence-corrected chi connectivity index (χ0v) is 30.1. The lowest BCUT2D eigenvalue weighted by molar-refractivity contribution is -0.153. The molecule has 3 N–H and O–H groups in total. The molecule has 270 valence electrons. The number of hydrogen-bond acceptors (Lipinski definition) is 6. The van der Waals surface area contributed by atoms with E-state index in [0.717, 1.165) is 40.2 Å². The molecule has 14 heteroatoms. The van der Waals surface area contributed by atoms with E-state index in [0.29, 0.717) is 37.2 Å². The maximum Gasteiger partial charge on any atom is 0.399 e. The number of morpholine rings is 1. The minimum absolute atomic E-state index is 0.123. The minimum atomic E-state index is -5.79. The SMILES string of the molecule is CC(C)(C)[C@H](NC(=O)c1cc2cc(C(F)(F)P(=O)(O)O)ccc2s1)C(=O)N1Cc2ccccc2C[C@H]1C(=O)N1CCOC(Cc2ccccc2)C1. The van der Waals surface area contributed by atoms with Crippen molar-refractivity contribution in [3.05, 3.63) is 106 Å². The number of benzene rings is 3. The van der Waals surface area contributed by atoms with E-state index in [1.54, 1.807) is 9.80 Å². The van der Waals surface area contributed by atoms with Crippen LogP contribution in [-0.4, -0.2) is 75.2 Å². The molecule has 1 unspecified atom stereocenters. The van der Waals surface area contributed by atoms with Gasteiger partial charge in [0.1, 0.15) is 12.1 Å². The van der Waals surface area contributed by atoms with E-state index in [1.165, 1.54) is 12.1 Å². The Balaban J connectivity index is 1.25. The summed E-state index contributed by atoms with van der Waals surface area (Å²) in [6.45, 7) is 6.73. The zero-order valence-electron chi connectivity index (χ0n) is 28.4. The molecule has 3 aromatic carbocycles. The summed E-state index contributed by atoms with van der Waals surface area (Å²) in [6, 6.07) is 20.2. The molecule has 2 aliphatic rings. The summed E-state index contributed by atoms with van der Waals surface area (Å²) in [5.74, 6) is -1.24. The molecule has 3 amide bonds. The number of carbonyl (C=O) groups is 3. The highest BCUT2D eigenvalue weighted by Crippen LogP contribution is 2.59. The Kier molecular flexibility index (Phi) is 10.2. The van der Waals surface area contributed by atoms with Crippen molar-refractivity contribution in [3.8, 4) is 0 Å². The van der Waals surface area contributed by atoms with Gasteiger partial charge in [0.05, 0.1) is 17.6 Å². The number of ether oxygens (including phenoxy) is 1. The van der Waals surface area contributed by atoms with Gasteiger partial charge in [-0.3, -0.25) is 18.9 Å². The second-order valence-electron chi connectivity index (χ2n) is 14.1. The second kappa shape index (κ2) is 14.2. The first kappa shape index (κ1) is 36.8. The molecular weight excluding hydrogens is 699 g/mol. The first-order chi connectivity index (χ1) is 24.0. The summed E-state index contributed by atoms with van der Waals surface area (Å²) >= 11 is 0.999. The van der Waals surface area contributed by atoms with Crippen molar-refractivity contribution >= 4 is 46.7 Å². The van der Waals surface area contributed by atoms with E-state index in [-0.39, 0.29) is 28.8 Å². The normalized spacial score (nSPS) is 19.0. The fraction of sp³-hybridized carbons (Fsp3) is 0.378. The van der Waals surface area contributed by atoms with Crippen LogP contribution in [0.1, 0.15) is 52.7 Å². The van der Waals surface area contributed by atoms with E-state index in [9.17, 15) is 37.5 Å². The molecule has 6 rings (SSSR count). The number of amides is 3. The lowest BCUT2D eigenvalue weighted by atomic mass is 9.84. The van der Waals surface area contributed by atoms with Gasteiger partial charge in [-0.1, -0.05) is 81.4 Å². The van der Waals surface area contributed by atoms with Crippen LogP contribution in [0.3, 0.4) is 0 Å². The second-order valence-corrected chi connectivity index (χ2v) is 16.9. The van der Waals surface area contributed by atoms with Crippen molar-refractivity contribution in [1.29, 1.82) is 0 Å². The predicted octanol–water partition coefficient (Wildman–Crippen LogP) is 5.70. The van der Waals surface area contributed by atoms with E-state index >= 15 is 0 Å². The topological polar surface area (TPSA) is 136 Å². The molecule has 10 nitrogen and oxygen atoms in total. The lowest BCUT2D eigenvalue weighted by Gasteiger charge is -2.43. The Morgan fingerprint density at radius 1 is 1.00 bits per heavy atom. The molecule has 3 atom stereocenters. The lowest BCUT2D eigenvalue weighted by Crippen LogP contribution is -2.62. The van der Waals surface area contributed by atoms with Crippen molar-refractivity contribution in [3.63, 3.8) is 0 Å². The highest BCUT2D eigenvalue weighted by molar-refractivity contribution is 7.52. The highest BCUT2D eigenvalue weighted by Gasteiger charge is 2.50. The van der Waals surface area contributed by atoms with Crippen LogP contribution in [-0.2, 0) is 43.9 Å². The molecule has 0 radical (unpaired) electrons. The Bertz CT molecular complexity index is 1990. The van der Waals surface area contributed by atoms with Gasteiger partial charge in [0, 0.05) is 42.7 Å². The van der Waals surface area contributed by atoms with Gasteiger partial charge in [0.15, 0.2) is 0 Å². The third-order valence-electron chi connectivity index (χ3n) is 9.42. The summed E-state index contributed by atoms with van der Waals surface area (Å²) in [6.07, 6.45) is 0.751. The highest BCUT2D eigenvalue weighted by atomic mass is 32.1. The maximum absolute atomic E-state index is 14.6. The molecule has 4 aromatic rings. The number of nitrogens with zero attached hydrogens (tertiary/aromatic N) is 2. The van der Waals surface area contributed by atoms with Gasteiger partial charge in [-0.15, -0.1) is 11.3 Å². The van der Waals surface area contributed by atoms with E-state index in [2.05, 4.69) is 5.32 Å². The number of alkyl halides is 2. The smallest absolute Gasteiger partial charge is 0.374 e. The Morgan fingerprint density at radius 2 is 1.69 bits per heavy atom. The summed E-state index contributed by atoms with van der Waals surface area (Å²) in [5.41, 5.74) is -3.09. The van der Waals surface area contributed by atoms with Crippen LogP contribution in [0.2, 0.25) is 0 Å². The number of thiophene rings is 1. The summed E-state index contributed by atoms with van der Waals surface area (Å²) in [5, 5.41) is 3.06. The van der Waals surface area contributed by atoms with Crippen molar-refractivity contribution in [2.75, 3.05) is 19.7 Å². The molecular formula is C37H40F2N3O7PS. The van der Waals surface area contributed by atoms with Crippen LogP contribution in [0, 0.1) is 5.41 Å². The molecule has 0 bridgehead atoms. The molecule has 1 saturated heterocycles. The van der Waals surface area contributed by atoms with Gasteiger partial charge in [0.2, 0.25) is 11.8 Å². The van der Waals surface area contributed by atoms with Crippen LogP contribution in [0.15, 0.2) is 78.9 Å². The molecule has 0 aliphatic carbocycles. The average molecular weight is 740 g/mol. The summed E-state index contributed by atoms with van der Waals surface area (Å²) < 4.78 is 46.7. The molecule has 0 saturated carbocycles. The number of rotatable bonds is 8. The van der Waals surface area contributed by atoms with E-state index in [4.69, 9.17) is 4.74 Å². The number of carbonyl (C=O) groups excluding carboxylic acids is 3.